The molecule has 2 amide bonds. The summed E-state index contributed by atoms with van der Waals surface area (Å²) < 4.78 is 0. The summed E-state index contributed by atoms with van der Waals surface area (Å²) in [5.41, 5.74) is 2.80. The molecular weight excluding hydrogens is 420 g/mol. The Morgan fingerprint density at radius 1 is 1.16 bits per heavy atom. The molecule has 7 heteroatoms. The van der Waals surface area contributed by atoms with Crippen LogP contribution in [-0.4, -0.2) is 39.8 Å². The smallest absolute Gasteiger partial charge is 0.265 e. The highest BCUT2D eigenvalue weighted by Crippen LogP contribution is 2.31. The molecule has 4 rings (SSSR count). The fourth-order valence-electron chi connectivity index (χ4n) is 4.11. The molecule has 3 heterocycles. The van der Waals surface area contributed by atoms with Gasteiger partial charge in [0.2, 0.25) is 5.91 Å². The highest BCUT2D eigenvalue weighted by Gasteiger charge is 2.31. The van der Waals surface area contributed by atoms with Crippen LogP contribution in [0, 0.1) is 18.8 Å². The number of aryl methyl sites for hydroxylation is 1. The first-order chi connectivity index (χ1) is 15.5. The quantitative estimate of drug-likeness (QED) is 0.609. The first-order valence-electron chi connectivity index (χ1n) is 11.0. The molecule has 1 atom stereocenters. The van der Waals surface area contributed by atoms with Gasteiger partial charge in [0.05, 0.1) is 5.69 Å². The van der Waals surface area contributed by atoms with E-state index in [0.717, 1.165) is 34.7 Å². The molecule has 0 radical (unpaired) electrons. The van der Waals surface area contributed by atoms with E-state index in [1.807, 2.05) is 61.2 Å². The third-order valence-corrected chi connectivity index (χ3v) is 7.34. The van der Waals surface area contributed by atoms with Crippen LogP contribution in [-0.2, 0) is 11.3 Å². The Morgan fingerprint density at radius 2 is 1.91 bits per heavy atom. The van der Waals surface area contributed by atoms with Crippen LogP contribution in [0.5, 0.6) is 0 Å². The Kier molecular flexibility index (Phi) is 6.95. The number of thiazole rings is 1. The van der Waals surface area contributed by atoms with E-state index in [-0.39, 0.29) is 23.7 Å². The summed E-state index contributed by atoms with van der Waals surface area (Å²) in [6, 6.07) is 13.8. The van der Waals surface area contributed by atoms with Gasteiger partial charge in [-0.15, -0.1) is 11.3 Å². The number of piperidine rings is 1. The number of nitrogens with one attached hydrogen (secondary N) is 1. The monoisotopic (exact) mass is 448 g/mol. The molecule has 0 spiro atoms. The van der Waals surface area contributed by atoms with Gasteiger partial charge in [0, 0.05) is 43.5 Å². The zero-order valence-corrected chi connectivity index (χ0v) is 19.3. The van der Waals surface area contributed by atoms with Crippen LogP contribution in [0.3, 0.4) is 0 Å². The second kappa shape index (κ2) is 10.0. The molecule has 6 nitrogen and oxygen atoms in total. The third kappa shape index (κ3) is 5.05. The van der Waals surface area contributed by atoms with Crippen LogP contribution in [0.4, 0.5) is 0 Å². The predicted molar refractivity (Wildman–Crippen MR) is 126 cm³/mol. The van der Waals surface area contributed by atoms with E-state index in [1.165, 1.54) is 11.3 Å². The lowest BCUT2D eigenvalue weighted by molar-refractivity contribution is -0.126. The van der Waals surface area contributed by atoms with E-state index in [2.05, 4.69) is 15.3 Å². The Morgan fingerprint density at radius 3 is 2.59 bits per heavy atom. The van der Waals surface area contributed by atoms with Crippen molar-refractivity contribution < 1.29 is 9.59 Å². The molecule has 1 aliphatic rings. The van der Waals surface area contributed by atoms with Crippen molar-refractivity contribution in [1.82, 2.24) is 20.2 Å². The molecule has 1 saturated heterocycles. The molecule has 1 aromatic carbocycles. The summed E-state index contributed by atoms with van der Waals surface area (Å²) in [4.78, 5) is 37.1. The zero-order valence-electron chi connectivity index (χ0n) is 18.5. The van der Waals surface area contributed by atoms with Crippen LogP contribution in [0.1, 0.15) is 40.7 Å². The van der Waals surface area contributed by atoms with Gasteiger partial charge >= 0.3 is 0 Å². The van der Waals surface area contributed by atoms with Crippen LogP contribution in [0.15, 0.2) is 54.9 Å². The van der Waals surface area contributed by atoms with Crippen LogP contribution < -0.4 is 5.32 Å². The second-order valence-corrected chi connectivity index (χ2v) is 9.30. The molecule has 3 aromatic rings. The van der Waals surface area contributed by atoms with E-state index in [4.69, 9.17) is 0 Å². The van der Waals surface area contributed by atoms with E-state index < -0.39 is 0 Å². The Balaban J connectivity index is 1.32. The van der Waals surface area contributed by atoms with Crippen molar-refractivity contribution in [3.05, 3.63) is 71.0 Å². The predicted octanol–water partition coefficient (Wildman–Crippen LogP) is 4.32. The summed E-state index contributed by atoms with van der Waals surface area (Å²) in [7, 11) is 0. The number of nitrogens with zero attached hydrogens (tertiary/aromatic N) is 3. The van der Waals surface area contributed by atoms with Gasteiger partial charge in [-0.2, -0.15) is 0 Å². The van der Waals surface area contributed by atoms with Crippen molar-refractivity contribution in [1.29, 1.82) is 0 Å². The lowest BCUT2D eigenvalue weighted by atomic mass is 9.84. The van der Waals surface area contributed by atoms with Gasteiger partial charge < -0.3 is 10.2 Å². The maximum Gasteiger partial charge on any atom is 0.265 e. The summed E-state index contributed by atoms with van der Waals surface area (Å²) in [6.07, 6.45) is 5.14. The van der Waals surface area contributed by atoms with Gasteiger partial charge in [-0.25, -0.2) is 4.98 Å². The molecule has 2 aromatic heterocycles. The Hall–Kier alpha value is -3.06. The zero-order chi connectivity index (χ0) is 22.5. The summed E-state index contributed by atoms with van der Waals surface area (Å²) in [5.74, 6) is 0.299. The van der Waals surface area contributed by atoms with E-state index in [9.17, 15) is 9.59 Å². The average molecular weight is 449 g/mol. The van der Waals surface area contributed by atoms with Gasteiger partial charge in [-0.3, -0.25) is 14.6 Å². The molecule has 0 unspecified atom stereocenters. The molecule has 0 bridgehead atoms. The summed E-state index contributed by atoms with van der Waals surface area (Å²) >= 11 is 1.46. The van der Waals surface area contributed by atoms with Crippen LogP contribution in [0.25, 0.3) is 10.6 Å². The first kappa shape index (κ1) is 22.1. The first-order valence-corrected chi connectivity index (χ1v) is 11.8. The normalized spacial score (nSPS) is 15.4. The van der Waals surface area contributed by atoms with Gasteiger partial charge in [-0.1, -0.05) is 43.3 Å². The van der Waals surface area contributed by atoms with E-state index in [1.54, 1.807) is 12.4 Å². The molecule has 32 heavy (non-hydrogen) atoms. The topological polar surface area (TPSA) is 75.2 Å². The second-order valence-electron chi connectivity index (χ2n) is 8.30. The van der Waals surface area contributed by atoms with Crippen molar-refractivity contribution in [3.63, 3.8) is 0 Å². The van der Waals surface area contributed by atoms with Crippen molar-refractivity contribution in [2.75, 3.05) is 13.1 Å². The van der Waals surface area contributed by atoms with Crippen molar-refractivity contribution in [3.8, 4) is 10.6 Å². The van der Waals surface area contributed by atoms with Gasteiger partial charge in [0.1, 0.15) is 9.88 Å². The van der Waals surface area contributed by atoms with E-state index >= 15 is 0 Å². The summed E-state index contributed by atoms with van der Waals surface area (Å²) in [6.45, 7) is 5.71. The highest BCUT2D eigenvalue weighted by atomic mass is 32.1. The average Bonchev–Trinajstić information content (AvgIpc) is 3.24. The maximum atomic E-state index is 13.1. The molecule has 0 aliphatic carbocycles. The van der Waals surface area contributed by atoms with Crippen molar-refractivity contribution in [2.24, 2.45) is 11.8 Å². The maximum absolute atomic E-state index is 13.1. The lowest BCUT2D eigenvalue weighted by Gasteiger charge is -2.34. The molecule has 0 saturated carbocycles. The van der Waals surface area contributed by atoms with Crippen LogP contribution >= 0.6 is 11.3 Å². The highest BCUT2D eigenvalue weighted by molar-refractivity contribution is 7.17. The lowest BCUT2D eigenvalue weighted by Crippen LogP contribution is -2.42. The van der Waals surface area contributed by atoms with Gasteiger partial charge in [0.15, 0.2) is 0 Å². The Labute approximate surface area is 192 Å². The minimum absolute atomic E-state index is 0.0503. The van der Waals surface area contributed by atoms with Crippen LogP contribution in [0.2, 0.25) is 0 Å². The minimum atomic E-state index is -0.0845. The number of aromatic nitrogens is 2. The standard InChI is InChI=1S/C25H28N4O2S/c1-17(23(30)27-16-19-7-6-12-26-15-19)20-10-13-29(14-11-20)25(31)22-18(2)28-24(32-22)21-8-4-3-5-9-21/h3-9,12,15,17,20H,10-11,13-14,16H2,1-2H3,(H,27,30)/t17-/m0/s1. The molecular formula is C25H28N4O2S. The number of carbonyl (C=O) groups excluding carboxylic acids is 2. The number of benzene rings is 1. The fraction of sp³-hybridized carbons (Fsp3) is 0.360. The van der Waals surface area contributed by atoms with E-state index in [0.29, 0.717) is 24.5 Å². The number of pyridine rings is 1. The molecule has 1 N–H and O–H groups in total. The van der Waals surface area contributed by atoms with Gasteiger partial charge in [0.25, 0.3) is 5.91 Å². The number of hydrogen-bond donors (Lipinski definition) is 1. The molecule has 1 fully saturated rings. The minimum Gasteiger partial charge on any atom is -0.352 e. The number of likely N-dealkylation sites (tertiary alicyclic amines) is 1. The number of carbonyl (C=O) groups is 2. The Bertz CT molecular complexity index is 1060. The third-order valence-electron chi connectivity index (χ3n) is 6.15. The SMILES string of the molecule is Cc1nc(-c2ccccc2)sc1C(=O)N1CCC([C@H](C)C(=O)NCc2cccnc2)CC1. The largest absolute Gasteiger partial charge is 0.352 e. The van der Waals surface area contributed by atoms with Crippen molar-refractivity contribution in [2.45, 2.75) is 33.2 Å². The number of amides is 2. The van der Waals surface area contributed by atoms with Crippen molar-refractivity contribution >= 4 is 23.2 Å². The molecule has 166 valence electrons. The number of rotatable bonds is 6. The molecule has 1 aliphatic heterocycles. The summed E-state index contributed by atoms with van der Waals surface area (Å²) in [5, 5.41) is 3.89. The fourth-order valence-corrected chi connectivity index (χ4v) is 5.15. The number of hydrogen-bond acceptors (Lipinski definition) is 5. The van der Waals surface area contributed by atoms with Gasteiger partial charge in [-0.05, 0) is 37.3 Å².